The third-order valence-electron chi connectivity index (χ3n) is 3.24. The lowest BCUT2D eigenvalue weighted by atomic mass is 9.90. The summed E-state index contributed by atoms with van der Waals surface area (Å²) < 4.78 is 0. The van der Waals surface area contributed by atoms with Gasteiger partial charge in [0.25, 0.3) is 5.91 Å². The molecule has 1 aliphatic rings. The molecule has 2 rings (SSSR count). The van der Waals surface area contributed by atoms with Crippen LogP contribution in [0.15, 0.2) is 24.3 Å². The van der Waals surface area contributed by atoms with E-state index in [1.54, 1.807) is 12.1 Å². The van der Waals surface area contributed by atoms with Crippen molar-refractivity contribution in [1.82, 2.24) is 10.6 Å². The summed E-state index contributed by atoms with van der Waals surface area (Å²) in [6, 6.07) is 7.14. The molecule has 1 aromatic carbocycles. The first-order chi connectivity index (χ1) is 8.11. The summed E-state index contributed by atoms with van der Waals surface area (Å²) >= 11 is 6.01. The number of carbonyl (C=O) groups excluding carboxylic acids is 1. The first-order valence-corrected chi connectivity index (χ1v) is 6.26. The fourth-order valence-corrected chi connectivity index (χ4v) is 2.31. The van der Waals surface area contributed by atoms with Crippen molar-refractivity contribution in [2.45, 2.75) is 25.3 Å². The Morgan fingerprint density at radius 3 is 2.65 bits per heavy atom. The molecule has 1 saturated heterocycles. The SMILES string of the molecule is CC1(NC(=O)c2ccccc2Cl)CCNCC1. The molecule has 17 heavy (non-hydrogen) atoms. The highest BCUT2D eigenvalue weighted by Gasteiger charge is 2.28. The molecule has 2 N–H and O–H groups in total. The zero-order valence-electron chi connectivity index (χ0n) is 9.92. The molecule has 0 aliphatic carbocycles. The highest BCUT2D eigenvalue weighted by Crippen LogP contribution is 2.20. The van der Waals surface area contributed by atoms with Gasteiger partial charge in [-0.1, -0.05) is 23.7 Å². The van der Waals surface area contributed by atoms with Crippen molar-refractivity contribution in [3.63, 3.8) is 0 Å². The molecule has 92 valence electrons. The molecule has 4 heteroatoms. The molecule has 0 atom stereocenters. The van der Waals surface area contributed by atoms with Crippen molar-refractivity contribution < 1.29 is 4.79 Å². The lowest BCUT2D eigenvalue weighted by molar-refractivity contribution is 0.0887. The minimum Gasteiger partial charge on any atom is -0.347 e. The predicted molar refractivity (Wildman–Crippen MR) is 69.4 cm³/mol. The van der Waals surface area contributed by atoms with Crippen LogP contribution in [-0.2, 0) is 0 Å². The van der Waals surface area contributed by atoms with E-state index in [2.05, 4.69) is 17.6 Å². The highest BCUT2D eigenvalue weighted by molar-refractivity contribution is 6.33. The third kappa shape index (κ3) is 2.99. The predicted octanol–water partition coefficient (Wildman–Crippen LogP) is 2.21. The number of hydrogen-bond donors (Lipinski definition) is 2. The van der Waals surface area contributed by atoms with E-state index in [0.29, 0.717) is 10.6 Å². The summed E-state index contributed by atoms with van der Waals surface area (Å²) in [4.78, 5) is 12.1. The average Bonchev–Trinajstić information content (AvgIpc) is 2.29. The van der Waals surface area contributed by atoms with E-state index in [0.717, 1.165) is 25.9 Å². The van der Waals surface area contributed by atoms with Crippen molar-refractivity contribution in [2.24, 2.45) is 0 Å². The molecule has 0 radical (unpaired) electrons. The van der Waals surface area contributed by atoms with E-state index >= 15 is 0 Å². The number of rotatable bonds is 2. The van der Waals surface area contributed by atoms with Crippen LogP contribution in [0.3, 0.4) is 0 Å². The lowest BCUT2D eigenvalue weighted by Gasteiger charge is -2.35. The van der Waals surface area contributed by atoms with E-state index in [4.69, 9.17) is 11.6 Å². The Hall–Kier alpha value is -1.06. The smallest absolute Gasteiger partial charge is 0.253 e. The van der Waals surface area contributed by atoms with Crippen LogP contribution < -0.4 is 10.6 Å². The van der Waals surface area contributed by atoms with Gasteiger partial charge in [-0.2, -0.15) is 0 Å². The number of benzene rings is 1. The standard InChI is InChI=1S/C13H17ClN2O/c1-13(6-8-15-9-7-13)16-12(17)10-4-2-3-5-11(10)14/h2-5,15H,6-9H2,1H3,(H,16,17). The van der Waals surface area contributed by atoms with Gasteiger partial charge in [0.1, 0.15) is 0 Å². The van der Waals surface area contributed by atoms with E-state index in [9.17, 15) is 4.79 Å². The Balaban J connectivity index is 2.09. The zero-order valence-corrected chi connectivity index (χ0v) is 10.7. The number of carbonyl (C=O) groups is 1. The number of amides is 1. The van der Waals surface area contributed by atoms with Crippen molar-refractivity contribution in [2.75, 3.05) is 13.1 Å². The van der Waals surface area contributed by atoms with Crippen LogP contribution in [0.1, 0.15) is 30.1 Å². The Morgan fingerprint density at radius 1 is 1.35 bits per heavy atom. The van der Waals surface area contributed by atoms with Gasteiger partial charge in [-0.05, 0) is 45.0 Å². The van der Waals surface area contributed by atoms with Crippen LogP contribution in [-0.4, -0.2) is 24.5 Å². The van der Waals surface area contributed by atoms with E-state index in [-0.39, 0.29) is 11.4 Å². The molecule has 0 spiro atoms. The first-order valence-electron chi connectivity index (χ1n) is 5.88. The Morgan fingerprint density at radius 2 is 2.00 bits per heavy atom. The van der Waals surface area contributed by atoms with Gasteiger partial charge in [0.15, 0.2) is 0 Å². The second kappa shape index (κ2) is 5.07. The van der Waals surface area contributed by atoms with Crippen molar-refractivity contribution in [3.8, 4) is 0 Å². The Bertz CT molecular complexity index is 414. The maximum atomic E-state index is 12.1. The molecule has 1 aromatic rings. The second-order valence-electron chi connectivity index (χ2n) is 4.74. The number of nitrogens with one attached hydrogen (secondary N) is 2. The maximum Gasteiger partial charge on any atom is 0.253 e. The van der Waals surface area contributed by atoms with Gasteiger partial charge < -0.3 is 10.6 Å². The Labute approximate surface area is 107 Å². The van der Waals surface area contributed by atoms with Gasteiger partial charge >= 0.3 is 0 Å². The van der Waals surface area contributed by atoms with Gasteiger partial charge in [0.05, 0.1) is 10.6 Å². The van der Waals surface area contributed by atoms with E-state index in [1.807, 2.05) is 12.1 Å². The van der Waals surface area contributed by atoms with Gasteiger partial charge in [0, 0.05) is 5.54 Å². The molecule has 3 nitrogen and oxygen atoms in total. The minimum absolute atomic E-state index is 0.0833. The molecule has 0 aromatic heterocycles. The molecule has 0 bridgehead atoms. The summed E-state index contributed by atoms with van der Waals surface area (Å²) in [6.07, 6.45) is 1.90. The fourth-order valence-electron chi connectivity index (χ4n) is 2.09. The van der Waals surface area contributed by atoms with E-state index < -0.39 is 0 Å². The summed E-state index contributed by atoms with van der Waals surface area (Å²) in [5, 5.41) is 6.88. The van der Waals surface area contributed by atoms with Crippen LogP contribution in [0.4, 0.5) is 0 Å². The third-order valence-corrected chi connectivity index (χ3v) is 3.57. The molecule has 1 aliphatic heterocycles. The van der Waals surface area contributed by atoms with Crippen LogP contribution in [0, 0.1) is 0 Å². The molecule has 1 heterocycles. The van der Waals surface area contributed by atoms with E-state index in [1.165, 1.54) is 0 Å². The van der Waals surface area contributed by atoms with Crippen LogP contribution in [0.2, 0.25) is 5.02 Å². The molecule has 1 fully saturated rings. The number of halogens is 1. The largest absolute Gasteiger partial charge is 0.347 e. The Kier molecular flexibility index (Phi) is 3.69. The quantitative estimate of drug-likeness (QED) is 0.847. The monoisotopic (exact) mass is 252 g/mol. The van der Waals surface area contributed by atoms with Crippen molar-refractivity contribution in [1.29, 1.82) is 0 Å². The number of hydrogen-bond acceptors (Lipinski definition) is 2. The zero-order chi connectivity index (χ0) is 12.3. The van der Waals surface area contributed by atoms with Crippen LogP contribution in [0.25, 0.3) is 0 Å². The highest BCUT2D eigenvalue weighted by atomic mass is 35.5. The maximum absolute atomic E-state index is 12.1. The van der Waals surface area contributed by atoms with Gasteiger partial charge in [-0.3, -0.25) is 4.79 Å². The van der Waals surface area contributed by atoms with Gasteiger partial charge in [-0.15, -0.1) is 0 Å². The summed E-state index contributed by atoms with van der Waals surface area (Å²) in [5.41, 5.74) is 0.426. The number of piperidine rings is 1. The molecular formula is C13H17ClN2O. The van der Waals surface area contributed by atoms with Crippen molar-refractivity contribution in [3.05, 3.63) is 34.9 Å². The topological polar surface area (TPSA) is 41.1 Å². The molecule has 0 unspecified atom stereocenters. The minimum atomic E-state index is -0.124. The molecule has 1 amide bonds. The fraction of sp³-hybridized carbons (Fsp3) is 0.462. The second-order valence-corrected chi connectivity index (χ2v) is 5.15. The summed E-state index contributed by atoms with van der Waals surface area (Å²) in [7, 11) is 0. The summed E-state index contributed by atoms with van der Waals surface area (Å²) in [6.45, 7) is 3.97. The molecule has 0 saturated carbocycles. The average molecular weight is 253 g/mol. The van der Waals surface area contributed by atoms with Crippen LogP contribution >= 0.6 is 11.6 Å². The van der Waals surface area contributed by atoms with Gasteiger partial charge in [0.2, 0.25) is 0 Å². The van der Waals surface area contributed by atoms with Crippen molar-refractivity contribution >= 4 is 17.5 Å². The molecular weight excluding hydrogens is 236 g/mol. The summed E-state index contributed by atoms with van der Waals surface area (Å²) in [5.74, 6) is -0.0833. The first kappa shape index (κ1) is 12.4. The van der Waals surface area contributed by atoms with Crippen LogP contribution in [0.5, 0.6) is 0 Å². The normalized spacial score (nSPS) is 18.7. The lowest BCUT2D eigenvalue weighted by Crippen LogP contribution is -2.52. The van der Waals surface area contributed by atoms with Gasteiger partial charge in [-0.25, -0.2) is 0 Å².